The minimum absolute atomic E-state index is 0.0247. The Kier molecular flexibility index (Phi) is 4.96. The van der Waals surface area contributed by atoms with E-state index < -0.39 is 0 Å². The number of amides is 2. The van der Waals surface area contributed by atoms with E-state index in [4.69, 9.17) is 4.74 Å². The molecule has 2 atom stereocenters. The summed E-state index contributed by atoms with van der Waals surface area (Å²) in [6.07, 6.45) is 0.947. The second-order valence-corrected chi connectivity index (χ2v) is 5.24. The lowest BCUT2D eigenvalue weighted by molar-refractivity contribution is -0.148. The van der Waals surface area contributed by atoms with Crippen LogP contribution in [0.1, 0.15) is 38.3 Å². The van der Waals surface area contributed by atoms with Gasteiger partial charge >= 0.3 is 0 Å². The molecule has 1 aliphatic heterocycles. The largest absolute Gasteiger partial charge is 0.494 e. The van der Waals surface area contributed by atoms with Gasteiger partial charge in [0.05, 0.1) is 12.6 Å². The lowest BCUT2D eigenvalue weighted by atomic mass is 10.0. The number of nitrogens with zero attached hydrogens (tertiary/aromatic N) is 1. The van der Waals surface area contributed by atoms with Crippen LogP contribution in [0.2, 0.25) is 0 Å². The van der Waals surface area contributed by atoms with Gasteiger partial charge in [0.2, 0.25) is 11.8 Å². The molecular weight excluding hydrogens is 268 g/mol. The number of nitrogens with one attached hydrogen (secondary N) is 1. The summed E-state index contributed by atoms with van der Waals surface area (Å²) < 4.78 is 5.62. The van der Waals surface area contributed by atoms with Crippen LogP contribution in [0, 0.1) is 0 Å². The number of carbonyl (C=O) groups excluding carboxylic acids is 2. The molecule has 1 aromatic rings. The molecule has 1 aromatic carbocycles. The van der Waals surface area contributed by atoms with Crippen LogP contribution in [0.4, 0.5) is 0 Å². The van der Waals surface area contributed by atoms with Crippen LogP contribution in [0.25, 0.3) is 0 Å². The number of imide groups is 1. The van der Waals surface area contributed by atoms with Crippen LogP contribution in [0.5, 0.6) is 5.75 Å². The first-order valence-electron chi connectivity index (χ1n) is 7.32. The Balaban J connectivity index is 2.09. The van der Waals surface area contributed by atoms with Crippen molar-refractivity contribution in [1.82, 2.24) is 10.2 Å². The fourth-order valence-corrected chi connectivity index (χ4v) is 2.59. The van der Waals surface area contributed by atoms with E-state index in [0.717, 1.165) is 11.3 Å². The molecule has 2 amide bonds. The average Bonchev–Trinajstić information content (AvgIpc) is 2.49. The highest BCUT2D eigenvalue weighted by molar-refractivity contribution is 6.00. The zero-order valence-electron chi connectivity index (χ0n) is 12.8. The van der Waals surface area contributed by atoms with Gasteiger partial charge in [0, 0.05) is 25.1 Å². The van der Waals surface area contributed by atoms with Gasteiger partial charge in [-0.05, 0) is 26.3 Å². The molecule has 1 heterocycles. The number of carbonyl (C=O) groups is 2. The van der Waals surface area contributed by atoms with Crippen molar-refractivity contribution in [2.24, 2.45) is 0 Å². The molecule has 0 aromatic heterocycles. The van der Waals surface area contributed by atoms with Crippen molar-refractivity contribution < 1.29 is 14.3 Å². The van der Waals surface area contributed by atoms with Crippen LogP contribution in [-0.2, 0) is 9.59 Å². The number of rotatable bonds is 5. The van der Waals surface area contributed by atoms with Gasteiger partial charge in [-0.2, -0.15) is 0 Å². The van der Waals surface area contributed by atoms with Crippen molar-refractivity contribution in [3.8, 4) is 5.75 Å². The molecule has 0 spiro atoms. The predicted octanol–water partition coefficient (Wildman–Crippen LogP) is 1.88. The van der Waals surface area contributed by atoms with Gasteiger partial charge in [-0.3, -0.25) is 19.8 Å². The third-order valence-electron chi connectivity index (χ3n) is 3.79. The van der Waals surface area contributed by atoms with E-state index in [0.29, 0.717) is 19.4 Å². The number of piperidine rings is 1. The first kappa shape index (κ1) is 15.5. The summed E-state index contributed by atoms with van der Waals surface area (Å²) >= 11 is 0. The fourth-order valence-electron chi connectivity index (χ4n) is 2.59. The van der Waals surface area contributed by atoms with E-state index in [9.17, 15) is 9.59 Å². The van der Waals surface area contributed by atoms with Gasteiger partial charge in [0.25, 0.3) is 0 Å². The summed E-state index contributed by atoms with van der Waals surface area (Å²) in [5.74, 6) is 0.556. The standard InChI is InChI=1S/C16H22N2O3/c1-4-21-14-8-6-5-7-12(14)11(2)17-13-9-10-15(19)18(3)16(13)20/h5-8,11,13,17H,4,9-10H2,1-3H3. The summed E-state index contributed by atoms with van der Waals surface area (Å²) in [5, 5.41) is 3.31. The molecule has 21 heavy (non-hydrogen) atoms. The molecule has 0 radical (unpaired) electrons. The molecule has 1 aliphatic rings. The lowest BCUT2D eigenvalue weighted by Gasteiger charge is -2.30. The highest BCUT2D eigenvalue weighted by Crippen LogP contribution is 2.26. The molecular formula is C16H22N2O3. The number of likely N-dealkylation sites (N-methyl/N-ethyl adjacent to an activating group) is 1. The fraction of sp³-hybridized carbons (Fsp3) is 0.500. The molecule has 114 valence electrons. The molecule has 0 aliphatic carbocycles. The normalized spacial score (nSPS) is 20.5. The number of ether oxygens (including phenoxy) is 1. The summed E-state index contributed by atoms with van der Waals surface area (Å²) in [7, 11) is 1.54. The number of hydrogen-bond donors (Lipinski definition) is 1. The maximum atomic E-state index is 12.1. The van der Waals surface area contributed by atoms with E-state index in [-0.39, 0.29) is 23.9 Å². The minimum atomic E-state index is -0.322. The monoisotopic (exact) mass is 290 g/mol. The Bertz CT molecular complexity index is 530. The van der Waals surface area contributed by atoms with E-state index in [2.05, 4.69) is 5.32 Å². The van der Waals surface area contributed by atoms with Crippen molar-refractivity contribution in [2.45, 2.75) is 38.8 Å². The van der Waals surface area contributed by atoms with Gasteiger partial charge in [-0.15, -0.1) is 0 Å². The quantitative estimate of drug-likeness (QED) is 0.841. The third kappa shape index (κ3) is 3.42. The molecule has 5 heteroatoms. The van der Waals surface area contributed by atoms with Crippen LogP contribution < -0.4 is 10.1 Å². The Morgan fingerprint density at radius 2 is 2.10 bits per heavy atom. The van der Waals surface area contributed by atoms with Gasteiger partial charge in [0.15, 0.2) is 0 Å². The van der Waals surface area contributed by atoms with Gasteiger partial charge < -0.3 is 4.74 Å². The molecule has 2 unspecified atom stereocenters. The molecule has 2 rings (SSSR count). The number of benzene rings is 1. The third-order valence-corrected chi connectivity index (χ3v) is 3.79. The maximum absolute atomic E-state index is 12.1. The van der Waals surface area contributed by atoms with Crippen LogP contribution in [0.15, 0.2) is 24.3 Å². The highest BCUT2D eigenvalue weighted by atomic mass is 16.5. The topological polar surface area (TPSA) is 58.6 Å². The van der Waals surface area contributed by atoms with Gasteiger partial charge in [0.1, 0.15) is 5.75 Å². The van der Waals surface area contributed by atoms with E-state index in [1.165, 1.54) is 11.9 Å². The molecule has 1 saturated heterocycles. The Morgan fingerprint density at radius 3 is 2.81 bits per heavy atom. The predicted molar refractivity (Wildman–Crippen MR) is 80.0 cm³/mol. The Hall–Kier alpha value is -1.88. The zero-order valence-corrected chi connectivity index (χ0v) is 12.8. The van der Waals surface area contributed by atoms with Crippen molar-refractivity contribution in [3.63, 3.8) is 0 Å². The van der Waals surface area contributed by atoms with Crippen molar-refractivity contribution in [2.75, 3.05) is 13.7 Å². The SMILES string of the molecule is CCOc1ccccc1C(C)NC1CCC(=O)N(C)C1=O. The maximum Gasteiger partial charge on any atom is 0.246 e. The Morgan fingerprint density at radius 1 is 1.38 bits per heavy atom. The number of likely N-dealkylation sites (tertiary alicyclic amines) is 1. The van der Waals surface area contributed by atoms with E-state index in [1.807, 2.05) is 38.1 Å². The summed E-state index contributed by atoms with van der Waals surface area (Å²) in [5.41, 5.74) is 1.02. The van der Waals surface area contributed by atoms with E-state index >= 15 is 0 Å². The average molecular weight is 290 g/mol. The Labute approximate surface area is 125 Å². The number of hydrogen-bond acceptors (Lipinski definition) is 4. The minimum Gasteiger partial charge on any atom is -0.494 e. The summed E-state index contributed by atoms with van der Waals surface area (Å²) in [6.45, 7) is 4.55. The molecule has 1 fully saturated rings. The van der Waals surface area contributed by atoms with Crippen molar-refractivity contribution in [3.05, 3.63) is 29.8 Å². The zero-order chi connectivity index (χ0) is 15.4. The summed E-state index contributed by atoms with van der Waals surface area (Å²) in [6, 6.07) is 7.45. The van der Waals surface area contributed by atoms with Crippen LogP contribution in [-0.4, -0.2) is 36.4 Å². The second-order valence-electron chi connectivity index (χ2n) is 5.24. The van der Waals surface area contributed by atoms with Gasteiger partial charge in [-0.1, -0.05) is 18.2 Å². The number of para-hydroxylation sites is 1. The van der Waals surface area contributed by atoms with E-state index in [1.54, 1.807) is 0 Å². The summed E-state index contributed by atoms with van der Waals surface area (Å²) in [4.78, 5) is 24.8. The molecule has 0 bridgehead atoms. The van der Waals surface area contributed by atoms with Gasteiger partial charge in [-0.25, -0.2) is 0 Å². The highest BCUT2D eigenvalue weighted by Gasteiger charge is 2.32. The first-order valence-corrected chi connectivity index (χ1v) is 7.32. The lowest BCUT2D eigenvalue weighted by Crippen LogP contribution is -2.51. The smallest absolute Gasteiger partial charge is 0.246 e. The molecule has 1 N–H and O–H groups in total. The van der Waals surface area contributed by atoms with Crippen LogP contribution in [0.3, 0.4) is 0 Å². The first-order chi connectivity index (χ1) is 10.0. The van der Waals surface area contributed by atoms with Crippen molar-refractivity contribution >= 4 is 11.8 Å². The molecule has 5 nitrogen and oxygen atoms in total. The van der Waals surface area contributed by atoms with Crippen LogP contribution >= 0.6 is 0 Å². The molecule has 0 saturated carbocycles. The second kappa shape index (κ2) is 6.72. The van der Waals surface area contributed by atoms with Crippen molar-refractivity contribution in [1.29, 1.82) is 0 Å².